The third-order valence-corrected chi connectivity index (χ3v) is 3.88. The molecule has 0 atom stereocenters. The van der Waals surface area contributed by atoms with E-state index in [1.54, 1.807) is 0 Å². The highest BCUT2D eigenvalue weighted by atomic mass is 16.2. The third kappa shape index (κ3) is 2.37. The van der Waals surface area contributed by atoms with Crippen LogP contribution < -0.4 is 0 Å². The van der Waals surface area contributed by atoms with Crippen LogP contribution in [-0.4, -0.2) is 28.0 Å². The van der Waals surface area contributed by atoms with Crippen molar-refractivity contribution in [1.29, 1.82) is 0 Å². The molecule has 0 saturated heterocycles. The summed E-state index contributed by atoms with van der Waals surface area (Å²) in [6.45, 7) is 5.43. The fourth-order valence-corrected chi connectivity index (χ4v) is 2.72. The number of benzene rings is 1. The maximum absolute atomic E-state index is 12.3. The highest BCUT2D eigenvalue weighted by Crippen LogP contribution is 2.27. The molecule has 1 aromatic heterocycles. The number of likely N-dealkylation sites (N-methyl/N-ethyl adjacent to an activating group) is 1. The van der Waals surface area contributed by atoms with Crippen molar-refractivity contribution in [2.24, 2.45) is 0 Å². The molecular formula is C16H20N2O. The average molecular weight is 256 g/mol. The van der Waals surface area contributed by atoms with Crippen molar-refractivity contribution in [1.82, 2.24) is 9.47 Å². The van der Waals surface area contributed by atoms with E-state index in [-0.39, 0.29) is 5.91 Å². The van der Waals surface area contributed by atoms with Gasteiger partial charge in [-0.25, -0.2) is 0 Å². The van der Waals surface area contributed by atoms with E-state index in [2.05, 4.69) is 42.7 Å². The van der Waals surface area contributed by atoms with Crippen LogP contribution >= 0.6 is 0 Å². The molecule has 0 radical (unpaired) electrons. The number of carbonyl (C=O) groups excluding carboxylic acids is 1. The molecule has 3 rings (SSSR count). The Bertz CT molecular complexity index is 610. The Balaban J connectivity index is 1.82. The van der Waals surface area contributed by atoms with Gasteiger partial charge in [-0.05, 0) is 50.3 Å². The first-order chi connectivity index (χ1) is 9.19. The minimum Gasteiger partial charge on any atom is -0.338 e. The van der Waals surface area contributed by atoms with Crippen LogP contribution in [0.15, 0.2) is 30.5 Å². The van der Waals surface area contributed by atoms with Gasteiger partial charge in [-0.15, -0.1) is 0 Å². The average Bonchev–Trinajstić information content (AvgIpc) is 3.14. The van der Waals surface area contributed by atoms with Crippen LogP contribution in [0.4, 0.5) is 0 Å². The Hall–Kier alpha value is -1.77. The minimum atomic E-state index is 0.239. The lowest BCUT2D eigenvalue weighted by Crippen LogP contribution is -2.35. The summed E-state index contributed by atoms with van der Waals surface area (Å²) >= 11 is 0. The van der Waals surface area contributed by atoms with E-state index in [9.17, 15) is 4.79 Å². The summed E-state index contributed by atoms with van der Waals surface area (Å²) in [6, 6.07) is 8.95. The zero-order valence-corrected chi connectivity index (χ0v) is 11.6. The van der Waals surface area contributed by atoms with Crippen LogP contribution in [0.2, 0.25) is 0 Å². The largest absolute Gasteiger partial charge is 0.338 e. The van der Waals surface area contributed by atoms with Gasteiger partial charge in [0.05, 0.1) is 0 Å². The number of carbonyl (C=O) groups is 1. The molecule has 3 heteroatoms. The van der Waals surface area contributed by atoms with Crippen molar-refractivity contribution >= 4 is 16.8 Å². The third-order valence-electron chi connectivity index (χ3n) is 3.88. The molecule has 1 heterocycles. The zero-order valence-electron chi connectivity index (χ0n) is 11.6. The molecule has 1 aromatic carbocycles. The van der Waals surface area contributed by atoms with Crippen molar-refractivity contribution in [3.05, 3.63) is 36.0 Å². The van der Waals surface area contributed by atoms with Gasteiger partial charge in [0.15, 0.2) is 0 Å². The van der Waals surface area contributed by atoms with Gasteiger partial charge in [0.25, 0.3) is 0 Å². The molecule has 0 spiro atoms. The van der Waals surface area contributed by atoms with E-state index < -0.39 is 0 Å². The van der Waals surface area contributed by atoms with Crippen molar-refractivity contribution in [3.8, 4) is 0 Å². The fraction of sp³-hybridized carbons (Fsp3) is 0.438. The second-order valence-corrected chi connectivity index (χ2v) is 5.42. The van der Waals surface area contributed by atoms with Gasteiger partial charge >= 0.3 is 0 Å². The summed E-state index contributed by atoms with van der Waals surface area (Å²) in [5.41, 5.74) is 2.40. The monoisotopic (exact) mass is 256 g/mol. The Kier molecular flexibility index (Phi) is 3.05. The predicted molar refractivity (Wildman–Crippen MR) is 77.1 cm³/mol. The zero-order chi connectivity index (χ0) is 13.4. The minimum absolute atomic E-state index is 0.239. The van der Waals surface area contributed by atoms with Crippen molar-refractivity contribution in [2.75, 3.05) is 6.54 Å². The number of hydrogen-bond acceptors (Lipinski definition) is 1. The second-order valence-electron chi connectivity index (χ2n) is 5.42. The second kappa shape index (κ2) is 4.72. The number of amides is 1. The van der Waals surface area contributed by atoms with Gasteiger partial charge in [-0.1, -0.05) is 11.6 Å². The first kappa shape index (κ1) is 12.3. The highest BCUT2D eigenvalue weighted by Gasteiger charge is 2.31. The number of hydrogen-bond donors (Lipinski definition) is 0. The summed E-state index contributed by atoms with van der Waals surface area (Å²) in [5, 5.41) is 1.21. The van der Waals surface area contributed by atoms with Crippen LogP contribution in [0.1, 0.15) is 25.3 Å². The molecule has 19 heavy (non-hydrogen) atoms. The standard InChI is InChI=1S/C16H20N2O/c1-3-18(14-5-6-14)16(19)11-17-9-8-13-10-12(2)4-7-15(13)17/h4,7-10,14H,3,5-6,11H2,1-2H3. The molecule has 1 aliphatic carbocycles. The number of aromatic nitrogens is 1. The summed E-state index contributed by atoms with van der Waals surface area (Å²) in [7, 11) is 0. The smallest absolute Gasteiger partial charge is 0.242 e. The quantitative estimate of drug-likeness (QED) is 0.825. The fourth-order valence-electron chi connectivity index (χ4n) is 2.72. The number of rotatable bonds is 4. The van der Waals surface area contributed by atoms with E-state index >= 15 is 0 Å². The van der Waals surface area contributed by atoms with Crippen LogP contribution in [0.25, 0.3) is 10.9 Å². The Morgan fingerprint density at radius 2 is 2.16 bits per heavy atom. The molecule has 0 bridgehead atoms. The lowest BCUT2D eigenvalue weighted by molar-refractivity contribution is -0.132. The van der Waals surface area contributed by atoms with Crippen molar-refractivity contribution < 1.29 is 4.79 Å². The molecule has 1 amide bonds. The van der Waals surface area contributed by atoms with E-state index in [4.69, 9.17) is 0 Å². The summed E-state index contributed by atoms with van der Waals surface area (Å²) in [6.07, 6.45) is 4.36. The number of nitrogens with zero attached hydrogens (tertiary/aromatic N) is 2. The lowest BCUT2D eigenvalue weighted by Gasteiger charge is -2.20. The van der Waals surface area contributed by atoms with Gasteiger partial charge in [0, 0.05) is 24.3 Å². The molecule has 1 saturated carbocycles. The van der Waals surface area contributed by atoms with E-state index in [1.807, 2.05) is 11.1 Å². The first-order valence-electron chi connectivity index (χ1n) is 7.04. The van der Waals surface area contributed by atoms with E-state index in [1.165, 1.54) is 23.8 Å². The Morgan fingerprint density at radius 3 is 2.84 bits per heavy atom. The van der Waals surface area contributed by atoms with Gasteiger partial charge in [0.1, 0.15) is 6.54 Å². The molecule has 0 N–H and O–H groups in total. The molecule has 3 nitrogen and oxygen atoms in total. The summed E-state index contributed by atoms with van der Waals surface area (Å²) < 4.78 is 2.06. The summed E-state index contributed by atoms with van der Waals surface area (Å²) in [4.78, 5) is 14.4. The SMILES string of the molecule is CCN(C(=O)Cn1ccc2cc(C)ccc21)C1CC1. The summed E-state index contributed by atoms with van der Waals surface area (Å²) in [5.74, 6) is 0.239. The van der Waals surface area contributed by atoms with E-state index in [0.29, 0.717) is 12.6 Å². The van der Waals surface area contributed by atoms with Crippen LogP contribution in [0, 0.1) is 6.92 Å². The van der Waals surface area contributed by atoms with Gasteiger partial charge in [-0.2, -0.15) is 0 Å². The highest BCUT2D eigenvalue weighted by molar-refractivity contribution is 5.84. The van der Waals surface area contributed by atoms with Gasteiger partial charge < -0.3 is 9.47 Å². The Morgan fingerprint density at radius 1 is 1.37 bits per heavy atom. The predicted octanol–water partition coefficient (Wildman–Crippen LogP) is 2.96. The number of aryl methyl sites for hydroxylation is 1. The molecule has 2 aromatic rings. The normalized spacial score (nSPS) is 14.8. The van der Waals surface area contributed by atoms with Gasteiger partial charge in [0.2, 0.25) is 5.91 Å². The van der Waals surface area contributed by atoms with Crippen LogP contribution in [0.3, 0.4) is 0 Å². The molecule has 100 valence electrons. The molecular weight excluding hydrogens is 236 g/mol. The molecule has 0 aliphatic heterocycles. The molecule has 1 fully saturated rings. The lowest BCUT2D eigenvalue weighted by atomic mass is 10.2. The first-order valence-corrected chi connectivity index (χ1v) is 7.04. The Labute approximate surface area is 113 Å². The van der Waals surface area contributed by atoms with Crippen molar-refractivity contribution in [2.45, 2.75) is 39.3 Å². The molecule has 0 unspecified atom stereocenters. The topological polar surface area (TPSA) is 25.2 Å². The maximum atomic E-state index is 12.3. The van der Waals surface area contributed by atoms with E-state index in [0.717, 1.165) is 12.1 Å². The van der Waals surface area contributed by atoms with Crippen molar-refractivity contribution in [3.63, 3.8) is 0 Å². The molecule has 1 aliphatic rings. The van der Waals surface area contributed by atoms with Crippen LogP contribution in [-0.2, 0) is 11.3 Å². The maximum Gasteiger partial charge on any atom is 0.242 e. The van der Waals surface area contributed by atoms with Crippen LogP contribution in [0.5, 0.6) is 0 Å². The number of fused-ring (bicyclic) bond motifs is 1. The van der Waals surface area contributed by atoms with Gasteiger partial charge in [-0.3, -0.25) is 4.79 Å².